The Labute approximate surface area is 200 Å². The molecule has 3 aliphatic rings. The van der Waals surface area contributed by atoms with Crippen molar-refractivity contribution in [1.29, 1.82) is 0 Å². The normalized spacial score (nSPS) is 24.8. The number of carbonyl (C=O) groups is 3. The molecule has 1 aromatic heterocycles. The molecule has 8 heteroatoms. The summed E-state index contributed by atoms with van der Waals surface area (Å²) in [6.07, 6.45) is 6.52. The van der Waals surface area contributed by atoms with E-state index in [-0.39, 0.29) is 47.9 Å². The lowest BCUT2D eigenvalue weighted by Gasteiger charge is -2.13. The molecule has 2 fully saturated rings. The SMILES string of the molecule is Cc1c(C=NN2C(=O)C3C4C=CC(C4)C3C2=O)c2ccccc2n1CC(=O)Nc1cccc(F)c1. The van der Waals surface area contributed by atoms with E-state index in [9.17, 15) is 18.8 Å². The molecule has 176 valence electrons. The minimum atomic E-state index is -0.428. The lowest BCUT2D eigenvalue weighted by molar-refractivity contribution is -0.140. The van der Waals surface area contributed by atoms with Gasteiger partial charge in [-0.05, 0) is 49.4 Å². The second-order valence-corrected chi connectivity index (χ2v) is 9.39. The summed E-state index contributed by atoms with van der Waals surface area (Å²) in [5.41, 5.74) is 2.70. The average Bonchev–Trinajstić information content (AvgIpc) is 3.57. The molecule has 4 unspecified atom stereocenters. The maximum absolute atomic E-state index is 13.5. The number of anilines is 1. The number of rotatable bonds is 5. The summed E-state index contributed by atoms with van der Waals surface area (Å²) in [6, 6.07) is 13.3. The molecule has 0 spiro atoms. The molecule has 1 saturated carbocycles. The van der Waals surface area contributed by atoms with Gasteiger partial charge >= 0.3 is 0 Å². The number of benzene rings is 2. The molecule has 4 atom stereocenters. The molecule has 7 nitrogen and oxygen atoms in total. The third-order valence-corrected chi connectivity index (χ3v) is 7.44. The van der Waals surface area contributed by atoms with E-state index in [4.69, 9.17) is 0 Å². The number of carbonyl (C=O) groups excluding carboxylic acids is 3. The molecule has 3 amide bonds. The average molecular weight is 471 g/mol. The maximum Gasteiger partial charge on any atom is 0.254 e. The van der Waals surface area contributed by atoms with E-state index in [0.717, 1.165) is 33.6 Å². The molecule has 6 rings (SSSR count). The number of aromatic nitrogens is 1. The van der Waals surface area contributed by atoms with Crippen molar-refractivity contribution in [2.24, 2.45) is 28.8 Å². The summed E-state index contributed by atoms with van der Waals surface area (Å²) in [5.74, 6) is -1.55. The van der Waals surface area contributed by atoms with Crippen LogP contribution in [0.5, 0.6) is 0 Å². The molecule has 1 N–H and O–H groups in total. The van der Waals surface area contributed by atoms with Crippen molar-refractivity contribution in [3.8, 4) is 0 Å². The van der Waals surface area contributed by atoms with E-state index < -0.39 is 5.82 Å². The molecule has 0 radical (unpaired) electrons. The lowest BCUT2D eigenvalue weighted by Crippen LogP contribution is -2.28. The molecule has 3 aromatic rings. The van der Waals surface area contributed by atoms with Gasteiger partial charge in [-0.2, -0.15) is 10.1 Å². The van der Waals surface area contributed by atoms with Crippen molar-refractivity contribution in [1.82, 2.24) is 9.58 Å². The third-order valence-electron chi connectivity index (χ3n) is 7.44. The predicted octanol–water partition coefficient (Wildman–Crippen LogP) is 3.87. The van der Waals surface area contributed by atoms with Crippen LogP contribution in [-0.4, -0.2) is 33.5 Å². The molecule has 1 saturated heterocycles. The van der Waals surface area contributed by atoms with Crippen LogP contribution >= 0.6 is 0 Å². The highest BCUT2D eigenvalue weighted by atomic mass is 19.1. The van der Waals surface area contributed by atoms with E-state index in [2.05, 4.69) is 22.6 Å². The van der Waals surface area contributed by atoms with Gasteiger partial charge < -0.3 is 9.88 Å². The van der Waals surface area contributed by atoms with Gasteiger partial charge in [-0.3, -0.25) is 14.4 Å². The fourth-order valence-electron chi connectivity index (χ4n) is 5.85. The largest absolute Gasteiger partial charge is 0.335 e. The zero-order valence-corrected chi connectivity index (χ0v) is 19.0. The summed E-state index contributed by atoms with van der Waals surface area (Å²) < 4.78 is 15.3. The Morgan fingerprint density at radius 2 is 1.80 bits per heavy atom. The number of hydrazone groups is 1. The van der Waals surface area contributed by atoms with Gasteiger partial charge in [-0.1, -0.05) is 36.4 Å². The van der Waals surface area contributed by atoms with Crippen LogP contribution in [-0.2, 0) is 20.9 Å². The standard InChI is InChI=1S/C27H23FN4O3/c1-15-21(13-29-32-26(34)24-16-9-10-17(11-16)25(24)27(32)35)20-7-2-3-8-22(20)31(15)14-23(33)30-19-6-4-5-18(28)12-19/h2-10,12-13,16-17,24-25H,11,14H2,1H3,(H,30,33). The second kappa shape index (κ2) is 8.01. The number of para-hydroxylation sites is 1. The van der Waals surface area contributed by atoms with Gasteiger partial charge in [0.1, 0.15) is 12.4 Å². The van der Waals surface area contributed by atoms with Gasteiger partial charge in [0.05, 0.1) is 18.1 Å². The van der Waals surface area contributed by atoms with Crippen molar-refractivity contribution in [2.45, 2.75) is 19.9 Å². The second-order valence-electron chi connectivity index (χ2n) is 9.39. The summed E-state index contributed by atoms with van der Waals surface area (Å²) in [6.45, 7) is 1.88. The van der Waals surface area contributed by atoms with Gasteiger partial charge in [0.15, 0.2) is 0 Å². The monoisotopic (exact) mass is 470 g/mol. The highest BCUT2D eigenvalue weighted by Crippen LogP contribution is 2.52. The Morgan fingerprint density at radius 1 is 1.09 bits per heavy atom. The summed E-state index contributed by atoms with van der Waals surface area (Å²) in [7, 11) is 0. The molecule has 2 bridgehead atoms. The van der Waals surface area contributed by atoms with E-state index in [0.29, 0.717) is 5.69 Å². The first kappa shape index (κ1) is 21.5. The molecule has 2 aliphatic carbocycles. The van der Waals surface area contributed by atoms with Gasteiger partial charge in [-0.25, -0.2) is 4.39 Å². The summed E-state index contributed by atoms with van der Waals surface area (Å²) in [5, 5.41) is 8.95. The Kier molecular flexibility index (Phi) is 4.91. The van der Waals surface area contributed by atoms with E-state index in [1.807, 2.05) is 35.8 Å². The summed E-state index contributed by atoms with van der Waals surface area (Å²) >= 11 is 0. The van der Waals surface area contributed by atoms with Crippen LogP contribution in [0, 0.1) is 36.4 Å². The van der Waals surface area contributed by atoms with E-state index in [1.54, 1.807) is 12.3 Å². The Bertz CT molecular complexity index is 1430. The van der Waals surface area contributed by atoms with Gasteiger partial charge in [0, 0.05) is 27.8 Å². The Balaban J connectivity index is 1.28. The smallest absolute Gasteiger partial charge is 0.254 e. The topological polar surface area (TPSA) is 83.8 Å². The number of allylic oxidation sites excluding steroid dienone is 2. The van der Waals surface area contributed by atoms with E-state index >= 15 is 0 Å². The molecule has 35 heavy (non-hydrogen) atoms. The maximum atomic E-state index is 13.5. The fourth-order valence-corrected chi connectivity index (χ4v) is 5.85. The van der Waals surface area contributed by atoms with Crippen LogP contribution in [0.1, 0.15) is 17.7 Å². The van der Waals surface area contributed by atoms with Gasteiger partial charge in [0.25, 0.3) is 11.8 Å². The lowest BCUT2D eigenvalue weighted by atomic mass is 9.85. The van der Waals surface area contributed by atoms with Crippen LogP contribution in [0.15, 0.2) is 65.8 Å². The van der Waals surface area contributed by atoms with Crippen LogP contribution in [0.4, 0.5) is 10.1 Å². The van der Waals surface area contributed by atoms with E-state index in [1.165, 1.54) is 18.2 Å². The van der Waals surface area contributed by atoms with Gasteiger partial charge in [-0.15, -0.1) is 0 Å². The number of hydrogen-bond donors (Lipinski definition) is 1. The molecular formula is C27H23FN4O3. The van der Waals surface area contributed by atoms with Crippen LogP contribution in [0.3, 0.4) is 0 Å². The molecular weight excluding hydrogens is 447 g/mol. The summed E-state index contributed by atoms with van der Waals surface area (Å²) in [4.78, 5) is 38.7. The number of amides is 3. The first-order chi connectivity index (χ1) is 16.9. The van der Waals surface area contributed by atoms with Crippen LogP contribution < -0.4 is 5.32 Å². The highest BCUT2D eigenvalue weighted by molar-refractivity contribution is 6.08. The highest BCUT2D eigenvalue weighted by Gasteiger charge is 2.59. The number of halogens is 1. The first-order valence-corrected chi connectivity index (χ1v) is 11.7. The van der Waals surface area contributed by atoms with Crippen LogP contribution in [0.25, 0.3) is 10.9 Å². The number of nitrogens with one attached hydrogen (secondary N) is 1. The van der Waals surface area contributed by atoms with Crippen molar-refractivity contribution in [2.75, 3.05) is 5.32 Å². The van der Waals surface area contributed by atoms with Crippen LogP contribution in [0.2, 0.25) is 0 Å². The van der Waals surface area contributed by atoms with Crippen molar-refractivity contribution in [3.05, 3.63) is 77.8 Å². The molecule has 2 aromatic carbocycles. The Morgan fingerprint density at radius 3 is 2.51 bits per heavy atom. The third kappa shape index (κ3) is 3.39. The first-order valence-electron chi connectivity index (χ1n) is 11.7. The molecule has 2 heterocycles. The number of fused-ring (bicyclic) bond motifs is 6. The minimum absolute atomic E-state index is 0.0114. The van der Waals surface area contributed by atoms with Crippen molar-refractivity contribution in [3.63, 3.8) is 0 Å². The quantitative estimate of drug-likeness (QED) is 0.349. The van der Waals surface area contributed by atoms with Gasteiger partial charge in [0.2, 0.25) is 5.91 Å². The fraction of sp³-hybridized carbons (Fsp3) is 0.259. The number of nitrogens with zero attached hydrogens (tertiary/aromatic N) is 3. The number of imide groups is 1. The van der Waals surface area contributed by atoms with Crippen molar-refractivity contribution >= 4 is 40.5 Å². The zero-order valence-electron chi connectivity index (χ0n) is 19.0. The predicted molar refractivity (Wildman–Crippen MR) is 129 cm³/mol. The zero-order chi connectivity index (χ0) is 24.3. The van der Waals surface area contributed by atoms with Crippen molar-refractivity contribution < 1.29 is 18.8 Å². The molecule has 1 aliphatic heterocycles. The minimum Gasteiger partial charge on any atom is -0.335 e. The number of hydrogen-bond acceptors (Lipinski definition) is 4. The Hall–Kier alpha value is -4.07.